The Labute approximate surface area is 177 Å². The number of benzene rings is 2. The van der Waals surface area contributed by atoms with Gasteiger partial charge in [0.25, 0.3) is 5.91 Å². The van der Waals surface area contributed by atoms with Crippen LogP contribution < -0.4 is 14.9 Å². The standard InChI is InChI=1S/C22H27N3O4S/c1-6-13-23-22(27)18-9-7-8-10-19(18)24-21(26)17(4)25(30(5,28)29)20-14-15(2)11-12-16(20)3/h6-12,14,17H,1,13H2,2-5H3,(H,23,27)(H,24,26)/t17-/m1/s1. The third kappa shape index (κ3) is 5.48. The monoisotopic (exact) mass is 429 g/mol. The van der Waals surface area contributed by atoms with E-state index in [1.165, 1.54) is 6.92 Å². The van der Waals surface area contributed by atoms with Crippen molar-refractivity contribution in [2.75, 3.05) is 22.4 Å². The van der Waals surface area contributed by atoms with Gasteiger partial charge in [-0.15, -0.1) is 6.58 Å². The Morgan fingerprint density at radius 3 is 2.47 bits per heavy atom. The van der Waals surface area contributed by atoms with Crippen LogP contribution in [0.25, 0.3) is 0 Å². The molecule has 1 atom stereocenters. The highest BCUT2D eigenvalue weighted by molar-refractivity contribution is 7.92. The van der Waals surface area contributed by atoms with Crippen LogP contribution in [-0.2, 0) is 14.8 Å². The van der Waals surface area contributed by atoms with Crippen molar-refractivity contribution in [1.82, 2.24) is 5.32 Å². The molecule has 0 aliphatic heterocycles. The molecule has 30 heavy (non-hydrogen) atoms. The van der Waals surface area contributed by atoms with Crippen LogP contribution in [0.2, 0.25) is 0 Å². The van der Waals surface area contributed by atoms with E-state index < -0.39 is 22.0 Å². The van der Waals surface area contributed by atoms with E-state index in [-0.39, 0.29) is 18.0 Å². The predicted octanol–water partition coefficient (Wildman–Crippen LogP) is 3.01. The van der Waals surface area contributed by atoms with Crippen molar-refractivity contribution in [3.8, 4) is 0 Å². The highest BCUT2D eigenvalue weighted by Gasteiger charge is 2.30. The molecule has 8 heteroatoms. The highest BCUT2D eigenvalue weighted by atomic mass is 32.2. The Balaban J connectivity index is 2.37. The summed E-state index contributed by atoms with van der Waals surface area (Å²) in [6, 6.07) is 10.9. The van der Waals surface area contributed by atoms with Gasteiger partial charge in [-0.25, -0.2) is 8.42 Å². The quantitative estimate of drug-likeness (QED) is 0.631. The summed E-state index contributed by atoms with van der Waals surface area (Å²) in [7, 11) is -3.75. The molecule has 0 aliphatic carbocycles. The van der Waals surface area contributed by atoms with Gasteiger partial charge in [-0.05, 0) is 50.1 Å². The van der Waals surface area contributed by atoms with Gasteiger partial charge < -0.3 is 10.6 Å². The van der Waals surface area contributed by atoms with E-state index in [0.29, 0.717) is 11.4 Å². The summed E-state index contributed by atoms with van der Waals surface area (Å²) in [6.07, 6.45) is 2.62. The number of nitrogens with zero attached hydrogens (tertiary/aromatic N) is 1. The van der Waals surface area contributed by atoms with Crippen molar-refractivity contribution in [2.45, 2.75) is 26.8 Å². The number of para-hydroxylation sites is 1. The number of rotatable bonds is 8. The van der Waals surface area contributed by atoms with Gasteiger partial charge in [0.1, 0.15) is 6.04 Å². The second-order valence-corrected chi connectivity index (χ2v) is 8.92. The van der Waals surface area contributed by atoms with E-state index in [9.17, 15) is 18.0 Å². The maximum absolute atomic E-state index is 13.0. The van der Waals surface area contributed by atoms with Crippen LogP contribution in [0.3, 0.4) is 0 Å². The van der Waals surface area contributed by atoms with Gasteiger partial charge in [-0.2, -0.15) is 0 Å². The lowest BCUT2D eigenvalue weighted by molar-refractivity contribution is -0.116. The molecule has 0 bridgehead atoms. The Morgan fingerprint density at radius 1 is 1.17 bits per heavy atom. The third-order valence-corrected chi connectivity index (χ3v) is 5.75. The van der Waals surface area contributed by atoms with Crippen molar-refractivity contribution < 1.29 is 18.0 Å². The summed E-state index contributed by atoms with van der Waals surface area (Å²) >= 11 is 0. The largest absolute Gasteiger partial charge is 0.349 e. The first-order valence-electron chi connectivity index (χ1n) is 9.42. The Morgan fingerprint density at radius 2 is 1.83 bits per heavy atom. The van der Waals surface area contributed by atoms with E-state index in [1.807, 2.05) is 19.1 Å². The maximum atomic E-state index is 13.0. The molecule has 7 nitrogen and oxygen atoms in total. The number of amides is 2. The molecule has 0 saturated carbocycles. The second-order valence-electron chi connectivity index (χ2n) is 7.06. The molecule has 0 heterocycles. The van der Waals surface area contributed by atoms with Crippen molar-refractivity contribution in [3.05, 3.63) is 71.8 Å². The van der Waals surface area contributed by atoms with Gasteiger partial charge >= 0.3 is 0 Å². The number of hydrogen-bond donors (Lipinski definition) is 2. The number of sulfonamides is 1. The molecule has 0 fully saturated rings. The molecule has 0 spiro atoms. The fourth-order valence-electron chi connectivity index (χ4n) is 3.03. The average Bonchev–Trinajstić information content (AvgIpc) is 2.68. The number of anilines is 2. The molecule has 0 unspecified atom stereocenters. The maximum Gasteiger partial charge on any atom is 0.253 e. The SMILES string of the molecule is C=CCNC(=O)c1ccccc1NC(=O)[C@@H](C)N(c1cc(C)ccc1C)S(C)(=O)=O. The van der Waals surface area contributed by atoms with Gasteiger partial charge in [0, 0.05) is 6.54 Å². The minimum atomic E-state index is -3.75. The molecule has 2 N–H and O–H groups in total. The third-order valence-electron chi connectivity index (χ3n) is 4.53. The van der Waals surface area contributed by atoms with Crippen LogP contribution in [0, 0.1) is 13.8 Å². The Hall–Kier alpha value is -3.13. The first-order chi connectivity index (χ1) is 14.1. The zero-order chi connectivity index (χ0) is 22.5. The van der Waals surface area contributed by atoms with Gasteiger partial charge in [0.15, 0.2) is 0 Å². The lowest BCUT2D eigenvalue weighted by Crippen LogP contribution is -2.46. The molecule has 2 amide bonds. The number of nitrogens with one attached hydrogen (secondary N) is 2. The Kier molecular flexibility index (Phi) is 7.39. The van der Waals surface area contributed by atoms with Gasteiger partial charge in [-0.3, -0.25) is 13.9 Å². The molecule has 0 radical (unpaired) electrons. The summed E-state index contributed by atoms with van der Waals surface area (Å²) in [6.45, 7) is 9.00. The first kappa shape index (κ1) is 23.2. The van der Waals surface area contributed by atoms with E-state index in [2.05, 4.69) is 17.2 Å². The second kappa shape index (κ2) is 9.58. The average molecular weight is 430 g/mol. The molecule has 2 aromatic carbocycles. The molecular weight excluding hydrogens is 402 g/mol. The van der Waals surface area contributed by atoms with Crippen molar-refractivity contribution in [1.29, 1.82) is 0 Å². The molecule has 0 saturated heterocycles. The lowest BCUT2D eigenvalue weighted by Gasteiger charge is -2.30. The van der Waals surface area contributed by atoms with Crippen molar-refractivity contribution in [3.63, 3.8) is 0 Å². The van der Waals surface area contributed by atoms with E-state index in [0.717, 1.165) is 21.7 Å². The molecule has 2 rings (SSSR count). The van der Waals surface area contributed by atoms with Crippen LogP contribution in [0.1, 0.15) is 28.4 Å². The Bertz CT molecular complexity index is 1060. The minimum absolute atomic E-state index is 0.276. The van der Waals surface area contributed by atoms with Crippen molar-refractivity contribution in [2.24, 2.45) is 0 Å². The topological polar surface area (TPSA) is 95.6 Å². The first-order valence-corrected chi connectivity index (χ1v) is 11.3. The number of carbonyl (C=O) groups excluding carboxylic acids is 2. The van der Waals surface area contributed by atoms with Gasteiger partial charge in [-0.1, -0.05) is 30.3 Å². The number of aryl methyl sites for hydroxylation is 2. The number of carbonyl (C=O) groups is 2. The normalized spacial score (nSPS) is 12.0. The highest BCUT2D eigenvalue weighted by Crippen LogP contribution is 2.27. The summed E-state index contributed by atoms with van der Waals surface area (Å²) in [4.78, 5) is 25.3. The van der Waals surface area contributed by atoms with Crippen LogP contribution in [-0.4, -0.2) is 39.1 Å². The van der Waals surface area contributed by atoms with E-state index in [1.54, 1.807) is 43.3 Å². The van der Waals surface area contributed by atoms with Crippen LogP contribution >= 0.6 is 0 Å². The minimum Gasteiger partial charge on any atom is -0.349 e. The van der Waals surface area contributed by atoms with Crippen LogP contribution in [0.15, 0.2) is 55.1 Å². The van der Waals surface area contributed by atoms with Crippen molar-refractivity contribution >= 4 is 33.2 Å². The van der Waals surface area contributed by atoms with Crippen LogP contribution in [0.5, 0.6) is 0 Å². The molecule has 0 aliphatic rings. The summed E-state index contributed by atoms with van der Waals surface area (Å²) in [5.41, 5.74) is 2.62. The zero-order valence-corrected chi connectivity index (χ0v) is 18.4. The molecule has 2 aromatic rings. The lowest BCUT2D eigenvalue weighted by atomic mass is 10.1. The predicted molar refractivity (Wildman–Crippen MR) is 120 cm³/mol. The zero-order valence-electron chi connectivity index (χ0n) is 17.6. The molecule has 160 valence electrons. The fraction of sp³-hybridized carbons (Fsp3) is 0.273. The van der Waals surface area contributed by atoms with Gasteiger partial charge in [0.2, 0.25) is 15.9 Å². The summed E-state index contributed by atoms with van der Waals surface area (Å²) < 4.78 is 26.2. The molecular formula is C22H27N3O4S. The van der Waals surface area contributed by atoms with E-state index >= 15 is 0 Å². The van der Waals surface area contributed by atoms with Crippen LogP contribution in [0.4, 0.5) is 11.4 Å². The number of hydrogen-bond acceptors (Lipinski definition) is 4. The summed E-state index contributed by atoms with van der Waals surface area (Å²) in [5.74, 6) is -0.918. The van der Waals surface area contributed by atoms with Gasteiger partial charge in [0.05, 0.1) is 23.2 Å². The summed E-state index contributed by atoms with van der Waals surface area (Å²) in [5, 5.41) is 5.36. The fourth-order valence-corrected chi connectivity index (χ4v) is 4.25. The molecule has 0 aromatic heterocycles. The smallest absolute Gasteiger partial charge is 0.253 e. The van der Waals surface area contributed by atoms with E-state index in [4.69, 9.17) is 0 Å².